The van der Waals surface area contributed by atoms with Crippen LogP contribution in [0.5, 0.6) is 0 Å². The quantitative estimate of drug-likeness (QED) is 0.712. The number of benzene rings is 2. The largest absolute Gasteiger partial charge is 0.366 e. The summed E-state index contributed by atoms with van der Waals surface area (Å²) in [6.45, 7) is 5.15. The molecule has 1 fully saturated rings. The van der Waals surface area contributed by atoms with E-state index in [9.17, 15) is 9.18 Å². The molecule has 0 aliphatic carbocycles. The highest BCUT2D eigenvalue weighted by molar-refractivity contribution is 5.80. The van der Waals surface area contributed by atoms with Crippen LogP contribution in [-0.4, -0.2) is 46.8 Å². The second kappa shape index (κ2) is 7.39. The smallest absolute Gasteiger partial charge is 0.224 e. The molecule has 1 saturated heterocycles. The van der Waals surface area contributed by atoms with Crippen LogP contribution < -0.4 is 4.90 Å². The molecule has 6 heteroatoms. The molecule has 0 saturated carbocycles. The van der Waals surface area contributed by atoms with Gasteiger partial charge in [0.15, 0.2) is 0 Å². The molecule has 0 spiro atoms. The first-order chi connectivity index (χ1) is 13.1. The van der Waals surface area contributed by atoms with Crippen LogP contribution in [0, 0.1) is 12.7 Å². The van der Waals surface area contributed by atoms with Crippen LogP contribution in [0.3, 0.4) is 0 Å². The molecular weight excluding hydrogens is 343 g/mol. The first-order valence-corrected chi connectivity index (χ1v) is 9.31. The van der Waals surface area contributed by atoms with E-state index in [-0.39, 0.29) is 11.7 Å². The van der Waals surface area contributed by atoms with E-state index in [4.69, 9.17) is 0 Å². The normalized spacial score (nSPS) is 14.7. The fraction of sp³-hybridized carbons (Fsp3) is 0.333. The molecule has 2 aromatic carbocycles. The number of rotatable bonds is 4. The molecule has 5 nitrogen and oxygen atoms in total. The second-order valence-corrected chi connectivity index (χ2v) is 7.00. The van der Waals surface area contributed by atoms with Gasteiger partial charge in [0.1, 0.15) is 5.82 Å². The predicted molar refractivity (Wildman–Crippen MR) is 104 cm³/mol. The molecule has 1 aliphatic rings. The molecule has 1 aromatic heterocycles. The molecule has 0 bridgehead atoms. The van der Waals surface area contributed by atoms with Gasteiger partial charge >= 0.3 is 0 Å². The Bertz CT molecular complexity index is 960. The highest BCUT2D eigenvalue weighted by atomic mass is 19.1. The number of nitrogens with zero attached hydrogens (tertiary/aromatic N) is 4. The van der Waals surface area contributed by atoms with Crippen LogP contribution in [0.1, 0.15) is 12.0 Å². The van der Waals surface area contributed by atoms with E-state index in [0.29, 0.717) is 44.8 Å². The van der Waals surface area contributed by atoms with Crippen LogP contribution in [-0.2, 0) is 11.3 Å². The Hall–Kier alpha value is -2.89. The molecule has 0 atom stereocenters. The van der Waals surface area contributed by atoms with E-state index in [0.717, 1.165) is 10.9 Å². The van der Waals surface area contributed by atoms with Gasteiger partial charge in [-0.25, -0.2) is 4.39 Å². The average Bonchev–Trinajstić information content (AvgIpc) is 3.09. The summed E-state index contributed by atoms with van der Waals surface area (Å²) in [6, 6.07) is 13.0. The van der Waals surface area contributed by atoms with E-state index >= 15 is 0 Å². The first-order valence-electron chi connectivity index (χ1n) is 9.31. The first kappa shape index (κ1) is 17.5. The molecular formula is C21H23FN4O. The number of anilines is 1. The van der Waals surface area contributed by atoms with Crippen molar-refractivity contribution in [2.45, 2.75) is 19.9 Å². The number of halogens is 1. The van der Waals surface area contributed by atoms with Crippen molar-refractivity contribution in [3.8, 4) is 0 Å². The standard InChI is InChI=1S/C21H23FN4O/c1-16-6-7-17-15-23-26(20(17)14-16)9-8-21(27)25-12-10-24(11-13-25)19-5-3-2-4-18(19)22/h2-7,14-15H,8-13H2,1H3. The van der Waals surface area contributed by atoms with E-state index in [1.807, 2.05) is 26.7 Å². The van der Waals surface area contributed by atoms with Gasteiger partial charge in [-0.15, -0.1) is 0 Å². The van der Waals surface area contributed by atoms with E-state index < -0.39 is 0 Å². The number of amides is 1. The lowest BCUT2D eigenvalue weighted by molar-refractivity contribution is -0.131. The Kier molecular flexibility index (Phi) is 4.79. The minimum absolute atomic E-state index is 0.125. The van der Waals surface area contributed by atoms with Crippen molar-refractivity contribution in [2.75, 3.05) is 31.1 Å². The van der Waals surface area contributed by atoms with E-state index in [1.165, 1.54) is 11.6 Å². The molecule has 140 valence electrons. The lowest BCUT2D eigenvalue weighted by Crippen LogP contribution is -2.49. The third kappa shape index (κ3) is 3.65. The van der Waals surface area contributed by atoms with Gasteiger partial charge in [-0.05, 0) is 30.7 Å². The summed E-state index contributed by atoms with van der Waals surface area (Å²) < 4.78 is 15.8. The van der Waals surface area contributed by atoms with Crippen molar-refractivity contribution >= 4 is 22.5 Å². The van der Waals surface area contributed by atoms with Gasteiger partial charge in [0.2, 0.25) is 5.91 Å². The Morgan fingerprint density at radius 2 is 1.89 bits per heavy atom. The van der Waals surface area contributed by atoms with E-state index in [1.54, 1.807) is 12.1 Å². The number of piperazine rings is 1. The predicted octanol–water partition coefficient (Wildman–Crippen LogP) is 3.22. The number of fused-ring (bicyclic) bond motifs is 1. The summed E-state index contributed by atoms with van der Waals surface area (Å²) in [7, 11) is 0. The number of aryl methyl sites for hydroxylation is 2. The maximum absolute atomic E-state index is 13.9. The number of carbonyl (C=O) groups is 1. The van der Waals surface area contributed by atoms with Gasteiger partial charge in [-0.2, -0.15) is 5.10 Å². The highest BCUT2D eigenvalue weighted by Gasteiger charge is 2.22. The maximum Gasteiger partial charge on any atom is 0.224 e. The second-order valence-electron chi connectivity index (χ2n) is 7.00. The van der Waals surface area contributed by atoms with Gasteiger partial charge < -0.3 is 9.80 Å². The third-order valence-corrected chi connectivity index (χ3v) is 5.16. The Morgan fingerprint density at radius 3 is 2.67 bits per heavy atom. The molecule has 0 unspecified atom stereocenters. The Morgan fingerprint density at radius 1 is 1.11 bits per heavy atom. The average molecular weight is 366 g/mol. The topological polar surface area (TPSA) is 41.4 Å². The molecule has 1 aliphatic heterocycles. The molecule has 1 amide bonds. The van der Waals surface area contributed by atoms with Gasteiger partial charge in [0.05, 0.1) is 23.9 Å². The number of hydrogen-bond donors (Lipinski definition) is 0. The SMILES string of the molecule is Cc1ccc2cnn(CCC(=O)N3CCN(c4ccccc4F)CC3)c2c1. The van der Waals surface area contributed by atoms with Crippen LogP contribution in [0.2, 0.25) is 0 Å². The summed E-state index contributed by atoms with van der Waals surface area (Å²) in [6.07, 6.45) is 2.26. The molecule has 27 heavy (non-hydrogen) atoms. The lowest BCUT2D eigenvalue weighted by Gasteiger charge is -2.36. The zero-order valence-corrected chi connectivity index (χ0v) is 15.4. The molecule has 0 N–H and O–H groups in total. The monoisotopic (exact) mass is 366 g/mol. The molecule has 4 rings (SSSR count). The van der Waals surface area contributed by atoms with Crippen molar-refractivity contribution in [3.63, 3.8) is 0 Å². The summed E-state index contributed by atoms with van der Waals surface area (Å²) in [5.74, 6) is -0.0855. The number of aromatic nitrogens is 2. The zero-order chi connectivity index (χ0) is 18.8. The number of hydrogen-bond acceptors (Lipinski definition) is 3. The third-order valence-electron chi connectivity index (χ3n) is 5.16. The van der Waals surface area contributed by atoms with Crippen molar-refractivity contribution in [1.82, 2.24) is 14.7 Å². The minimum atomic E-state index is -0.210. The molecule has 3 aromatic rings. The highest BCUT2D eigenvalue weighted by Crippen LogP contribution is 2.20. The van der Waals surface area contributed by atoms with Crippen LogP contribution >= 0.6 is 0 Å². The van der Waals surface area contributed by atoms with Gasteiger partial charge in [0.25, 0.3) is 0 Å². The van der Waals surface area contributed by atoms with Crippen LogP contribution in [0.4, 0.5) is 10.1 Å². The van der Waals surface area contributed by atoms with Crippen LogP contribution in [0.25, 0.3) is 10.9 Å². The maximum atomic E-state index is 13.9. The number of para-hydroxylation sites is 1. The fourth-order valence-corrected chi connectivity index (χ4v) is 3.62. The summed E-state index contributed by atoms with van der Waals surface area (Å²) in [5, 5.41) is 5.50. The van der Waals surface area contributed by atoms with Crippen molar-refractivity contribution < 1.29 is 9.18 Å². The number of carbonyl (C=O) groups excluding carboxylic acids is 1. The van der Waals surface area contributed by atoms with E-state index in [2.05, 4.69) is 30.2 Å². The van der Waals surface area contributed by atoms with Crippen LogP contribution in [0.15, 0.2) is 48.7 Å². The Labute approximate surface area is 158 Å². The Balaban J connectivity index is 1.34. The fourth-order valence-electron chi connectivity index (χ4n) is 3.62. The van der Waals surface area contributed by atoms with Gasteiger partial charge in [-0.1, -0.05) is 24.3 Å². The van der Waals surface area contributed by atoms with Gasteiger partial charge in [0, 0.05) is 38.0 Å². The van der Waals surface area contributed by atoms with Crippen molar-refractivity contribution in [2.24, 2.45) is 0 Å². The molecule has 0 radical (unpaired) electrons. The summed E-state index contributed by atoms with van der Waals surface area (Å²) in [4.78, 5) is 16.5. The zero-order valence-electron chi connectivity index (χ0n) is 15.4. The van der Waals surface area contributed by atoms with Gasteiger partial charge in [-0.3, -0.25) is 9.48 Å². The van der Waals surface area contributed by atoms with Crippen molar-refractivity contribution in [3.05, 3.63) is 60.0 Å². The van der Waals surface area contributed by atoms with Crippen molar-refractivity contribution in [1.29, 1.82) is 0 Å². The summed E-state index contributed by atoms with van der Waals surface area (Å²) >= 11 is 0. The minimum Gasteiger partial charge on any atom is -0.366 e. The lowest BCUT2D eigenvalue weighted by atomic mass is 10.2. The molecule has 2 heterocycles. The summed E-state index contributed by atoms with van der Waals surface area (Å²) in [5.41, 5.74) is 2.86.